The number of hydrogen-bond acceptors (Lipinski definition) is 3. The third-order valence-corrected chi connectivity index (χ3v) is 2.57. The SMILES string of the molecule is CC(C)(C)COCC(=O)C1CCNCC1. The molecule has 3 nitrogen and oxygen atoms in total. The van der Waals surface area contributed by atoms with Crippen LogP contribution < -0.4 is 5.32 Å². The predicted octanol–water partition coefficient (Wildman–Crippen LogP) is 1.62. The summed E-state index contributed by atoms with van der Waals surface area (Å²) in [6.07, 6.45) is 1.94. The van der Waals surface area contributed by atoms with Gasteiger partial charge in [-0.1, -0.05) is 20.8 Å². The Morgan fingerprint density at radius 3 is 2.47 bits per heavy atom. The molecule has 0 aromatic heterocycles. The second-order valence-electron chi connectivity index (χ2n) is 5.54. The van der Waals surface area contributed by atoms with Gasteiger partial charge in [0.25, 0.3) is 0 Å². The van der Waals surface area contributed by atoms with E-state index in [4.69, 9.17) is 4.74 Å². The molecular weight excluding hydrogens is 190 g/mol. The molecule has 88 valence electrons. The van der Waals surface area contributed by atoms with Gasteiger partial charge in [0.05, 0.1) is 6.61 Å². The summed E-state index contributed by atoms with van der Waals surface area (Å²) in [7, 11) is 0. The van der Waals surface area contributed by atoms with Gasteiger partial charge in [-0.05, 0) is 31.3 Å². The van der Waals surface area contributed by atoms with Crippen LogP contribution in [0.15, 0.2) is 0 Å². The highest BCUT2D eigenvalue weighted by Crippen LogP contribution is 2.15. The fourth-order valence-electron chi connectivity index (χ4n) is 1.72. The van der Waals surface area contributed by atoms with Crippen molar-refractivity contribution in [2.45, 2.75) is 33.6 Å². The van der Waals surface area contributed by atoms with Gasteiger partial charge in [-0.3, -0.25) is 4.79 Å². The Morgan fingerprint density at radius 2 is 1.93 bits per heavy atom. The second-order valence-corrected chi connectivity index (χ2v) is 5.54. The molecule has 0 atom stereocenters. The van der Waals surface area contributed by atoms with Crippen LogP contribution in [0.3, 0.4) is 0 Å². The smallest absolute Gasteiger partial charge is 0.161 e. The molecule has 1 fully saturated rings. The lowest BCUT2D eigenvalue weighted by Crippen LogP contribution is -2.33. The van der Waals surface area contributed by atoms with Gasteiger partial charge in [-0.25, -0.2) is 0 Å². The minimum Gasteiger partial charge on any atom is -0.373 e. The van der Waals surface area contributed by atoms with Crippen LogP contribution in [0.25, 0.3) is 0 Å². The Labute approximate surface area is 92.6 Å². The molecule has 0 amide bonds. The van der Waals surface area contributed by atoms with Crippen molar-refractivity contribution in [2.24, 2.45) is 11.3 Å². The highest BCUT2D eigenvalue weighted by molar-refractivity contribution is 5.82. The minimum absolute atomic E-state index is 0.147. The summed E-state index contributed by atoms with van der Waals surface area (Å²) in [6.45, 7) is 9.23. The summed E-state index contributed by atoms with van der Waals surface area (Å²) in [5.41, 5.74) is 0.147. The molecule has 0 bridgehead atoms. The van der Waals surface area contributed by atoms with Crippen molar-refractivity contribution in [1.82, 2.24) is 5.32 Å². The van der Waals surface area contributed by atoms with Gasteiger partial charge in [-0.2, -0.15) is 0 Å². The number of ether oxygens (including phenoxy) is 1. The molecule has 0 aromatic rings. The van der Waals surface area contributed by atoms with Crippen molar-refractivity contribution in [1.29, 1.82) is 0 Å². The van der Waals surface area contributed by atoms with E-state index in [9.17, 15) is 4.79 Å². The van der Waals surface area contributed by atoms with E-state index < -0.39 is 0 Å². The van der Waals surface area contributed by atoms with E-state index in [1.54, 1.807) is 0 Å². The second kappa shape index (κ2) is 5.61. The van der Waals surface area contributed by atoms with Crippen molar-refractivity contribution >= 4 is 5.78 Å². The zero-order valence-corrected chi connectivity index (χ0v) is 10.1. The summed E-state index contributed by atoms with van der Waals surface area (Å²) in [5, 5.41) is 3.26. The largest absolute Gasteiger partial charge is 0.373 e. The van der Waals surface area contributed by atoms with Crippen molar-refractivity contribution < 1.29 is 9.53 Å². The van der Waals surface area contributed by atoms with E-state index >= 15 is 0 Å². The first-order valence-corrected chi connectivity index (χ1v) is 5.80. The zero-order chi connectivity index (χ0) is 11.3. The Bertz CT molecular complexity index is 202. The molecule has 3 heteroatoms. The maximum atomic E-state index is 11.7. The topological polar surface area (TPSA) is 38.3 Å². The Morgan fingerprint density at radius 1 is 1.33 bits per heavy atom. The number of nitrogens with one attached hydrogen (secondary N) is 1. The summed E-state index contributed by atoms with van der Waals surface area (Å²) < 4.78 is 5.44. The average molecular weight is 213 g/mol. The van der Waals surface area contributed by atoms with E-state index in [1.165, 1.54) is 0 Å². The zero-order valence-electron chi connectivity index (χ0n) is 10.1. The number of piperidine rings is 1. The fraction of sp³-hybridized carbons (Fsp3) is 0.917. The van der Waals surface area contributed by atoms with Gasteiger partial charge in [0, 0.05) is 5.92 Å². The fourth-order valence-corrected chi connectivity index (χ4v) is 1.72. The average Bonchev–Trinajstić information content (AvgIpc) is 2.17. The normalized spacial score (nSPS) is 19.1. The monoisotopic (exact) mass is 213 g/mol. The minimum atomic E-state index is 0.147. The highest BCUT2D eigenvalue weighted by Gasteiger charge is 2.21. The van der Waals surface area contributed by atoms with Crippen molar-refractivity contribution in [3.05, 3.63) is 0 Å². The molecule has 0 unspecified atom stereocenters. The van der Waals surface area contributed by atoms with Crippen LogP contribution in [0.2, 0.25) is 0 Å². The number of ketones is 1. The first kappa shape index (κ1) is 12.7. The summed E-state index contributed by atoms with van der Waals surface area (Å²) in [6, 6.07) is 0. The molecule has 1 saturated heterocycles. The Kier molecular flexibility index (Phi) is 4.74. The molecule has 1 heterocycles. The molecule has 0 radical (unpaired) electrons. The van der Waals surface area contributed by atoms with Gasteiger partial charge in [-0.15, -0.1) is 0 Å². The third-order valence-electron chi connectivity index (χ3n) is 2.57. The first-order valence-electron chi connectivity index (χ1n) is 5.80. The van der Waals surface area contributed by atoms with Crippen LogP contribution in [-0.4, -0.2) is 32.1 Å². The molecular formula is C12H23NO2. The highest BCUT2D eigenvalue weighted by atomic mass is 16.5. The van der Waals surface area contributed by atoms with Crippen LogP contribution in [-0.2, 0) is 9.53 Å². The standard InChI is InChI=1S/C12H23NO2/c1-12(2,3)9-15-8-11(14)10-4-6-13-7-5-10/h10,13H,4-9H2,1-3H3. The van der Waals surface area contributed by atoms with Gasteiger partial charge in [0.1, 0.15) is 6.61 Å². The lowest BCUT2D eigenvalue weighted by atomic mass is 9.94. The molecule has 1 rings (SSSR count). The lowest BCUT2D eigenvalue weighted by molar-refractivity contribution is -0.129. The number of Topliss-reactive ketones (excluding diaryl/α,β-unsaturated/α-hetero) is 1. The van der Waals surface area contributed by atoms with Gasteiger partial charge < -0.3 is 10.1 Å². The molecule has 1 N–H and O–H groups in total. The molecule has 0 aliphatic carbocycles. The van der Waals surface area contributed by atoms with Crippen LogP contribution in [0.1, 0.15) is 33.6 Å². The molecule has 1 aliphatic heterocycles. The summed E-state index contributed by atoms with van der Waals surface area (Å²) in [5.74, 6) is 0.506. The van der Waals surface area contributed by atoms with Gasteiger partial charge in [0.15, 0.2) is 5.78 Å². The number of carbonyl (C=O) groups is 1. The third kappa shape index (κ3) is 5.28. The van der Waals surface area contributed by atoms with E-state index in [2.05, 4.69) is 26.1 Å². The molecule has 1 aliphatic rings. The first-order chi connectivity index (χ1) is 6.99. The molecule has 0 aromatic carbocycles. The quantitative estimate of drug-likeness (QED) is 0.771. The van der Waals surface area contributed by atoms with E-state index in [1.807, 2.05) is 0 Å². The molecule has 0 spiro atoms. The number of hydrogen-bond donors (Lipinski definition) is 1. The van der Waals surface area contributed by atoms with E-state index in [-0.39, 0.29) is 17.1 Å². The van der Waals surface area contributed by atoms with Crippen LogP contribution in [0, 0.1) is 11.3 Å². The maximum Gasteiger partial charge on any atom is 0.161 e. The Hall–Kier alpha value is -0.410. The lowest BCUT2D eigenvalue weighted by Gasteiger charge is -2.22. The van der Waals surface area contributed by atoms with Gasteiger partial charge in [0.2, 0.25) is 0 Å². The maximum absolute atomic E-state index is 11.7. The predicted molar refractivity (Wildman–Crippen MR) is 60.9 cm³/mol. The van der Waals surface area contributed by atoms with Crippen molar-refractivity contribution in [3.8, 4) is 0 Å². The van der Waals surface area contributed by atoms with E-state index in [0.717, 1.165) is 25.9 Å². The number of carbonyl (C=O) groups excluding carboxylic acids is 1. The van der Waals surface area contributed by atoms with Crippen molar-refractivity contribution in [3.63, 3.8) is 0 Å². The molecule has 15 heavy (non-hydrogen) atoms. The van der Waals surface area contributed by atoms with Crippen LogP contribution >= 0.6 is 0 Å². The van der Waals surface area contributed by atoms with Crippen LogP contribution in [0.5, 0.6) is 0 Å². The summed E-state index contributed by atoms with van der Waals surface area (Å²) in [4.78, 5) is 11.7. The molecule has 0 saturated carbocycles. The van der Waals surface area contributed by atoms with Gasteiger partial charge >= 0.3 is 0 Å². The van der Waals surface area contributed by atoms with Crippen molar-refractivity contribution in [2.75, 3.05) is 26.3 Å². The Balaban J connectivity index is 2.17. The number of rotatable bonds is 4. The summed E-state index contributed by atoms with van der Waals surface area (Å²) >= 11 is 0. The van der Waals surface area contributed by atoms with Crippen LogP contribution in [0.4, 0.5) is 0 Å². The van der Waals surface area contributed by atoms with E-state index in [0.29, 0.717) is 13.2 Å².